The third-order valence-electron chi connectivity index (χ3n) is 3.44. The standard InChI is InChI=1S/C17H23N3O2/c1-17(2,3)14-11-15(20(4)19-14)18-16(21)10-12-6-8-13(22-5)9-7-12/h6-9,11H,10H2,1-5H3,(H,18,21). The van der Waals surface area contributed by atoms with Crippen molar-refractivity contribution in [3.05, 3.63) is 41.6 Å². The van der Waals surface area contributed by atoms with E-state index in [-0.39, 0.29) is 11.3 Å². The summed E-state index contributed by atoms with van der Waals surface area (Å²) in [4.78, 5) is 12.2. The third-order valence-corrected chi connectivity index (χ3v) is 3.44. The van der Waals surface area contributed by atoms with Crippen molar-refractivity contribution in [2.45, 2.75) is 32.6 Å². The minimum absolute atomic E-state index is 0.0449. The molecule has 0 unspecified atom stereocenters. The molecule has 1 aromatic heterocycles. The largest absolute Gasteiger partial charge is 0.497 e. The Morgan fingerprint density at radius 2 is 1.91 bits per heavy atom. The Morgan fingerprint density at radius 1 is 1.27 bits per heavy atom. The van der Waals surface area contributed by atoms with Gasteiger partial charge in [-0.15, -0.1) is 0 Å². The van der Waals surface area contributed by atoms with E-state index in [0.29, 0.717) is 12.2 Å². The second-order valence-corrected chi connectivity index (χ2v) is 6.36. The first-order valence-corrected chi connectivity index (χ1v) is 7.27. The number of aryl methyl sites for hydroxylation is 1. The fourth-order valence-electron chi connectivity index (χ4n) is 2.07. The number of aromatic nitrogens is 2. The number of ether oxygens (including phenoxy) is 1. The number of carbonyl (C=O) groups excluding carboxylic acids is 1. The molecule has 0 aliphatic heterocycles. The number of nitrogens with zero attached hydrogens (tertiary/aromatic N) is 2. The molecular weight excluding hydrogens is 278 g/mol. The average Bonchev–Trinajstić information content (AvgIpc) is 2.81. The van der Waals surface area contributed by atoms with E-state index in [0.717, 1.165) is 17.0 Å². The predicted octanol–water partition coefficient (Wildman–Crippen LogP) is 2.91. The zero-order valence-corrected chi connectivity index (χ0v) is 13.8. The molecule has 5 nitrogen and oxygen atoms in total. The second kappa shape index (κ2) is 6.22. The summed E-state index contributed by atoms with van der Waals surface area (Å²) in [6.07, 6.45) is 0.319. The van der Waals surface area contributed by atoms with Crippen LogP contribution in [0.4, 0.5) is 5.82 Å². The van der Waals surface area contributed by atoms with Gasteiger partial charge in [0.15, 0.2) is 0 Å². The highest BCUT2D eigenvalue weighted by Crippen LogP contribution is 2.23. The molecule has 0 fully saturated rings. The van der Waals surface area contributed by atoms with Crippen LogP contribution in [0.3, 0.4) is 0 Å². The van der Waals surface area contributed by atoms with E-state index in [1.807, 2.05) is 37.4 Å². The van der Waals surface area contributed by atoms with E-state index >= 15 is 0 Å². The van der Waals surface area contributed by atoms with Crippen molar-refractivity contribution in [1.82, 2.24) is 9.78 Å². The van der Waals surface area contributed by atoms with Gasteiger partial charge in [-0.3, -0.25) is 9.48 Å². The Hall–Kier alpha value is -2.30. The van der Waals surface area contributed by atoms with E-state index in [1.54, 1.807) is 11.8 Å². The van der Waals surface area contributed by atoms with Gasteiger partial charge in [0.05, 0.1) is 19.2 Å². The number of hydrogen-bond acceptors (Lipinski definition) is 3. The van der Waals surface area contributed by atoms with Crippen LogP contribution in [0.15, 0.2) is 30.3 Å². The average molecular weight is 301 g/mol. The van der Waals surface area contributed by atoms with E-state index < -0.39 is 0 Å². The molecule has 1 heterocycles. The Bertz CT molecular complexity index is 652. The molecular formula is C17H23N3O2. The van der Waals surface area contributed by atoms with Crippen molar-refractivity contribution >= 4 is 11.7 Å². The van der Waals surface area contributed by atoms with Crippen LogP contribution in [0.25, 0.3) is 0 Å². The van der Waals surface area contributed by atoms with Gasteiger partial charge in [-0.25, -0.2) is 0 Å². The summed E-state index contributed by atoms with van der Waals surface area (Å²) < 4.78 is 6.81. The van der Waals surface area contributed by atoms with Crippen molar-refractivity contribution < 1.29 is 9.53 Å². The molecule has 2 aromatic rings. The van der Waals surface area contributed by atoms with Gasteiger partial charge >= 0.3 is 0 Å². The molecule has 0 bridgehead atoms. The van der Waals surface area contributed by atoms with Gasteiger partial charge in [-0.05, 0) is 17.7 Å². The summed E-state index contributed by atoms with van der Waals surface area (Å²) in [6, 6.07) is 9.41. The van der Waals surface area contributed by atoms with Crippen LogP contribution in [0, 0.1) is 0 Å². The van der Waals surface area contributed by atoms with Gasteiger partial charge in [0.1, 0.15) is 11.6 Å². The van der Waals surface area contributed by atoms with Crippen LogP contribution in [0.1, 0.15) is 32.0 Å². The lowest BCUT2D eigenvalue weighted by Gasteiger charge is -2.13. The lowest BCUT2D eigenvalue weighted by Crippen LogP contribution is -2.16. The number of hydrogen-bond donors (Lipinski definition) is 1. The molecule has 1 amide bonds. The zero-order valence-electron chi connectivity index (χ0n) is 13.8. The molecule has 0 radical (unpaired) electrons. The zero-order chi connectivity index (χ0) is 16.3. The summed E-state index contributed by atoms with van der Waals surface area (Å²) in [6.45, 7) is 6.29. The summed E-state index contributed by atoms with van der Waals surface area (Å²) in [7, 11) is 3.45. The SMILES string of the molecule is COc1ccc(CC(=O)Nc2cc(C(C)(C)C)nn2C)cc1. The van der Waals surface area contributed by atoms with E-state index in [4.69, 9.17) is 4.74 Å². The molecule has 0 aliphatic rings. The summed E-state index contributed by atoms with van der Waals surface area (Å²) in [5.41, 5.74) is 1.85. The maximum atomic E-state index is 12.2. The molecule has 2 rings (SSSR count). The minimum atomic E-state index is -0.0615. The van der Waals surface area contributed by atoms with Gasteiger partial charge in [0.2, 0.25) is 5.91 Å². The molecule has 1 N–H and O–H groups in total. The first kappa shape index (κ1) is 16.1. The predicted molar refractivity (Wildman–Crippen MR) is 87.2 cm³/mol. The maximum absolute atomic E-state index is 12.2. The van der Waals surface area contributed by atoms with Crippen LogP contribution < -0.4 is 10.1 Å². The molecule has 0 atom stereocenters. The summed E-state index contributed by atoms with van der Waals surface area (Å²) >= 11 is 0. The number of rotatable bonds is 4. The lowest BCUT2D eigenvalue weighted by molar-refractivity contribution is -0.115. The molecule has 0 saturated carbocycles. The number of benzene rings is 1. The van der Waals surface area contributed by atoms with Crippen molar-refractivity contribution in [2.75, 3.05) is 12.4 Å². The Morgan fingerprint density at radius 3 is 2.41 bits per heavy atom. The first-order chi connectivity index (χ1) is 10.3. The van der Waals surface area contributed by atoms with Crippen molar-refractivity contribution in [3.63, 3.8) is 0 Å². The molecule has 0 saturated heterocycles. The number of nitrogens with one attached hydrogen (secondary N) is 1. The van der Waals surface area contributed by atoms with Crippen LogP contribution in [0.2, 0.25) is 0 Å². The quantitative estimate of drug-likeness (QED) is 0.944. The van der Waals surface area contributed by atoms with Crippen LogP contribution in [0.5, 0.6) is 5.75 Å². The lowest BCUT2D eigenvalue weighted by atomic mass is 9.92. The Kier molecular flexibility index (Phi) is 4.54. The maximum Gasteiger partial charge on any atom is 0.229 e. The van der Waals surface area contributed by atoms with Crippen LogP contribution >= 0.6 is 0 Å². The first-order valence-electron chi connectivity index (χ1n) is 7.27. The van der Waals surface area contributed by atoms with Crippen molar-refractivity contribution in [2.24, 2.45) is 7.05 Å². The summed E-state index contributed by atoms with van der Waals surface area (Å²) in [5.74, 6) is 1.43. The van der Waals surface area contributed by atoms with Crippen LogP contribution in [-0.2, 0) is 23.7 Å². The third kappa shape index (κ3) is 3.87. The normalized spacial score (nSPS) is 11.3. The smallest absolute Gasteiger partial charge is 0.229 e. The number of methoxy groups -OCH3 is 1. The van der Waals surface area contributed by atoms with Gasteiger partial charge in [-0.2, -0.15) is 5.10 Å². The van der Waals surface area contributed by atoms with Crippen LogP contribution in [-0.4, -0.2) is 22.8 Å². The van der Waals surface area contributed by atoms with E-state index in [9.17, 15) is 4.79 Å². The van der Waals surface area contributed by atoms with Gasteiger partial charge in [-0.1, -0.05) is 32.9 Å². The van der Waals surface area contributed by atoms with E-state index in [2.05, 4.69) is 31.2 Å². The number of carbonyl (C=O) groups is 1. The molecule has 0 aliphatic carbocycles. The highest BCUT2D eigenvalue weighted by atomic mass is 16.5. The van der Waals surface area contributed by atoms with Crippen molar-refractivity contribution in [3.8, 4) is 5.75 Å². The fourth-order valence-corrected chi connectivity index (χ4v) is 2.07. The number of amides is 1. The molecule has 1 aromatic carbocycles. The highest BCUT2D eigenvalue weighted by Gasteiger charge is 2.19. The molecule has 5 heteroatoms. The van der Waals surface area contributed by atoms with Crippen molar-refractivity contribution in [1.29, 1.82) is 0 Å². The highest BCUT2D eigenvalue weighted by molar-refractivity contribution is 5.91. The van der Waals surface area contributed by atoms with Gasteiger partial charge < -0.3 is 10.1 Å². The topological polar surface area (TPSA) is 56.1 Å². The Balaban J connectivity index is 2.04. The minimum Gasteiger partial charge on any atom is -0.497 e. The molecule has 118 valence electrons. The monoisotopic (exact) mass is 301 g/mol. The van der Waals surface area contributed by atoms with Gasteiger partial charge in [0, 0.05) is 18.5 Å². The fraction of sp³-hybridized carbons (Fsp3) is 0.412. The summed E-state index contributed by atoms with van der Waals surface area (Å²) in [5, 5.41) is 7.36. The van der Waals surface area contributed by atoms with E-state index in [1.165, 1.54) is 0 Å². The molecule has 0 spiro atoms. The number of anilines is 1. The Labute approximate surface area is 131 Å². The second-order valence-electron chi connectivity index (χ2n) is 6.36. The molecule has 22 heavy (non-hydrogen) atoms. The van der Waals surface area contributed by atoms with Gasteiger partial charge in [0.25, 0.3) is 0 Å².